The molecule has 86 valence electrons. The minimum Gasteiger partial charge on any atom is -0.422 e. The number of hydrogen-bond donors (Lipinski definition) is 0. The van der Waals surface area contributed by atoms with Crippen LogP contribution in [0.1, 0.15) is 27.6 Å². The fourth-order valence-electron chi connectivity index (χ4n) is 1.37. The van der Waals surface area contributed by atoms with Crippen LogP contribution < -0.4 is 4.74 Å². The van der Waals surface area contributed by atoms with Gasteiger partial charge in [0.25, 0.3) is 0 Å². The molecule has 0 spiro atoms. The van der Waals surface area contributed by atoms with E-state index in [2.05, 4.69) is 11.3 Å². The number of carbonyl (C=O) groups excluding carboxylic acids is 3. The highest BCUT2D eigenvalue weighted by Gasteiger charge is 2.33. The lowest BCUT2D eigenvalue weighted by molar-refractivity contribution is -0.130. The molecule has 1 heterocycles. The van der Waals surface area contributed by atoms with Gasteiger partial charge in [0.2, 0.25) is 0 Å². The number of rotatable bonds is 2. The van der Waals surface area contributed by atoms with Crippen molar-refractivity contribution in [2.24, 2.45) is 0 Å². The molecule has 0 amide bonds. The SMILES string of the molecule is C=C(C)C(=O)Oc1cccc2c1C(=O)OC2=O. The Morgan fingerprint density at radius 3 is 2.65 bits per heavy atom. The largest absolute Gasteiger partial charge is 0.422 e. The third-order valence-corrected chi connectivity index (χ3v) is 2.19. The average molecular weight is 232 g/mol. The third-order valence-electron chi connectivity index (χ3n) is 2.19. The van der Waals surface area contributed by atoms with Crippen LogP contribution >= 0.6 is 0 Å². The van der Waals surface area contributed by atoms with E-state index in [0.717, 1.165) is 0 Å². The fourth-order valence-corrected chi connectivity index (χ4v) is 1.37. The van der Waals surface area contributed by atoms with E-state index >= 15 is 0 Å². The average Bonchev–Trinajstić information content (AvgIpc) is 2.55. The lowest BCUT2D eigenvalue weighted by Gasteiger charge is -2.05. The maximum atomic E-state index is 11.4. The predicted molar refractivity (Wildman–Crippen MR) is 56.6 cm³/mol. The molecule has 2 rings (SSSR count). The van der Waals surface area contributed by atoms with Crippen LogP contribution in [0.25, 0.3) is 0 Å². The van der Waals surface area contributed by atoms with Crippen molar-refractivity contribution < 1.29 is 23.9 Å². The van der Waals surface area contributed by atoms with Gasteiger partial charge in [-0.3, -0.25) is 0 Å². The van der Waals surface area contributed by atoms with E-state index in [1.54, 1.807) is 0 Å². The van der Waals surface area contributed by atoms with E-state index < -0.39 is 17.9 Å². The van der Waals surface area contributed by atoms with Crippen LogP contribution in [0.4, 0.5) is 0 Å². The Bertz CT molecular complexity index is 556. The van der Waals surface area contributed by atoms with E-state index in [1.165, 1.54) is 25.1 Å². The Balaban J connectivity index is 2.44. The zero-order valence-corrected chi connectivity index (χ0v) is 8.98. The van der Waals surface area contributed by atoms with Crippen molar-refractivity contribution in [1.82, 2.24) is 0 Å². The van der Waals surface area contributed by atoms with Gasteiger partial charge in [0.05, 0.1) is 5.56 Å². The van der Waals surface area contributed by atoms with Gasteiger partial charge >= 0.3 is 17.9 Å². The standard InChI is InChI=1S/C12H8O5/c1-6(2)10(13)16-8-5-3-4-7-9(8)12(15)17-11(7)14/h3-5H,1H2,2H3. The molecular weight excluding hydrogens is 224 g/mol. The first-order chi connectivity index (χ1) is 8.00. The molecule has 5 nitrogen and oxygen atoms in total. The van der Waals surface area contributed by atoms with Crippen LogP contribution in [0.15, 0.2) is 30.4 Å². The van der Waals surface area contributed by atoms with Gasteiger partial charge in [0, 0.05) is 5.57 Å². The minimum atomic E-state index is -0.810. The maximum Gasteiger partial charge on any atom is 0.350 e. The molecule has 1 aliphatic heterocycles. The summed E-state index contributed by atoms with van der Waals surface area (Å²) in [5.41, 5.74) is 0.273. The number of carbonyl (C=O) groups is 3. The summed E-state index contributed by atoms with van der Waals surface area (Å²) in [5.74, 6) is -2.20. The van der Waals surface area contributed by atoms with Crippen molar-refractivity contribution in [1.29, 1.82) is 0 Å². The van der Waals surface area contributed by atoms with Crippen molar-refractivity contribution in [2.75, 3.05) is 0 Å². The Kier molecular flexibility index (Phi) is 2.51. The first kappa shape index (κ1) is 11.1. The molecule has 5 heteroatoms. The van der Waals surface area contributed by atoms with Crippen molar-refractivity contribution in [3.8, 4) is 5.75 Å². The summed E-state index contributed by atoms with van der Waals surface area (Å²) < 4.78 is 9.37. The third kappa shape index (κ3) is 1.82. The normalized spacial score (nSPS) is 13.0. The van der Waals surface area contributed by atoms with Gasteiger partial charge in [-0.2, -0.15) is 0 Å². The Hall–Kier alpha value is -2.43. The molecule has 0 saturated carbocycles. The van der Waals surface area contributed by atoms with Gasteiger partial charge in [-0.1, -0.05) is 12.6 Å². The summed E-state index contributed by atoms with van der Waals surface area (Å²) in [6.45, 7) is 4.90. The number of benzene rings is 1. The molecule has 0 N–H and O–H groups in total. The summed E-state index contributed by atoms with van der Waals surface area (Å²) in [7, 11) is 0. The van der Waals surface area contributed by atoms with E-state index in [4.69, 9.17) is 4.74 Å². The van der Waals surface area contributed by atoms with Crippen LogP contribution in [0, 0.1) is 0 Å². The predicted octanol–water partition coefficient (Wildman–Crippen LogP) is 1.48. The smallest absolute Gasteiger partial charge is 0.350 e. The molecule has 0 unspecified atom stereocenters. The van der Waals surface area contributed by atoms with Gasteiger partial charge in [-0.05, 0) is 19.1 Å². The second kappa shape index (κ2) is 3.86. The fraction of sp³-hybridized carbons (Fsp3) is 0.0833. The zero-order valence-electron chi connectivity index (χ0n) is 8.98. The minimum absolute atomic E-state index is 0.00588. The number of ether oxygens (including phenoxy) is 2. The van der Waals surface area contributed by atoms with E-state index in [1.807, 2.05) is 0 Å². The number of cyclic esters (lactones) is 2. The van der Waals surface area contributed by atoms with Crippen molar-refractivity contribution >= 4 is 17.9 Å². The van der Waals surface area contributed by atoms with Crippen molar-refractivity contribution in [2.45, 2.75) is 6.92 Å². The molecule has 0 bridgehead atoms. The Morgan fingerprint density at radius 2 is 2.00 bits per heavy atom. The zero-order chi connectivity index (χ0) is 12.6. The maximum absolute atomic E-state index is 11.4. The second-order valence-corrected chi connectivity index (χ2v) is 3.53. The van der Waals surface area contributed by atoms with Crippen LogP contribution in [0.5, 0.6) is 5.75 Å². The van der Waals surface area contributed by atoms with Crippen LogP contribution in [0.3, 0.4) is 0 Å². The summed E-state index contributed by atoms with van der Waals surface area (Å²) in [6.07, 6.45) is 0. The van der Waals surface area contributed by atoms with Crippen LogP contribution in [-0.2, 0) is 9.53 Å². The van der Waals surface area contributed by atoms with Gasteiger partial charge < -0.3 is 9.47 Å². The molecule has 0 saturated heterocycles. The molecule has 0 fully saturated rings. The van der Waals surface area contributed by atoms with Crippen molar-refractivity contribution in [3.63, 3.8) is 0 Å². The number of fused-ring (bicyclic) bond motifs is 1. The first-order valence-electron chi connectivity index (χ1n) is 4.78. The molecule has 0 radical (unpaired) electrons. The lowest BCUT2D eigenvalue weighted by Crippen LogP contribution is -2.10. The number of hydrogen-bond acceptors (Lipinski definition) is 5. The molecule has 1 aliphatic rings. The van der Waals surface area contributed by atoms with Crippen LogP contribution in [-0.4, -0.2) is 17.9 Å². The summed E-state index contributed by atoms with van der Waals surface area (Å²) in [5, 5.41) is 0. The molecule has 1 aromatic rings. The molecule has 17 heavy (non-hydrogen) atoms. The monoisotopic (exact) mass is 232 g/mol. The molecule has 1 aromatic carbocycles. The summed E-state index contributed by atoms with van der Waals surface area (Å²) in [4.78, 5) is 34.0. The highest BCUT2D eigenvalue weighted by atomic mass is 16.6. The van der Waals surface area contributed by atoms with Gasteiger partial charge in [0.1, 0.15) is 11.3 Å². The molecule has 0 atom stereocenters. The summed E-state index contributed by atoms with van der Waals surface area (Å²) in [6, 6.07) is 4.35. The Labute approximate surface area is 96.6 Å². The lowest BCUT2D eigenvalue weighted by atomic mass is 10.1. The second-order valence-electron chi connectivity index (χ2n) is 3.53. The molecule has 0 aliphatic carbocycles. The quantitative estimate of drug-likeness (QED) is 0.334. The molecular formula is C12H8O5. The van der Waals surface area contributed by atoms with Gasteiger partial charge in [-0.15, -0.1) is 0 Å². The van der Waals surface area contributed by atoms with Gasteiger partial charge in [-0.25, -0.2) is 14.4 Å². The first-order valence-corrected chi connectivity index (χ1v) is 4.78. The van der Waals surface area contributed by atoms with E-state index in [0.29, 0.717) is 0 Å². The van der Waals surface area contributed by atoms with E-state index in [-0.39, 0.29) is 22.4 Å². The molecule has 0 aromatic heterocycles. The van der Waals surface area contributed by atoms with Gasteiger partial charge in [0.15, 0.2) is 0 Å². The van der Waals surface area contributed by atoms with Crippen LogP contribution in [0.2, 0.25) is 0 Å². The highest BCUT2D eigenvalue weighted by Crippen LogP contribution is 2.29. The Morgan fingerprint density at radius 1 is 1.29 bits per heavy atom. The number of esters is 3. The van der Waals surface area contributed by atoms with E-state index in [9.17, 15) is 14.4 Å². The highest BCUT2D eigenvalue weighted by molar-refractivity contribution is 6.16. The topological polar surface area (TPSA) is 69.7 Å². The summed E-state index contributed by atoms with van der Waals surface area (Å²) >= 11 is 0. The van der Waals surface area contributed by atoms with Crippen molar-refractivity contribution in [3.05, 3.63) is 41.5 Å².